The molecule has 2 atom stereocenters. The summed E-state index contributed by atoms with van der Waals surface area (Å²) in [7, 11) is 0. The number of Topliss-reactive ketones (excluding diaryl/α,β-unsaturated/α-hetero) is 1. The molecule has 3 saturated heterocycles. The molecule has 2 bridgehead atoms. The molecule has 0 radical (unpaired) electrons. The number of carboxylic acid groups (broad SMARTS) is 1. The SMILES string of the molecule is O=C(C[N+]12CCC(CC1)[C@@H](OC(=O)[C@H](Nc1ccc(F)cc1)c1ccccc1)C2)c1ccccc1O.O=C([O-])C(F)(F)F. The molecule has 0 amide bonds. The summed E-state index contributed by atoms with van der Waals surface area (Å²) in [5.41, 5.74) is 1.71. The second kappa shape index (κ2) is 13.2. The van der Waals surface area contributed by atoms with Crippen molar-refractivity contribution in [3.05, 3.63) is 95.8 Å². The van der Waals surface area contributed by atoms with Crippen LogP contribution in [0.2, 0.25) is 0 Å². The van der Waals surface area contributed by atoms with Gasteiger partial charge in [0.1, 0.15) is 30.6 Å². The molecule has 3 aliphatic rings. The number of hydrogen-bond acceptors (Lipinski definition) is 7. The van der Waals surface area contributed by atoms with E-state index in [1.165, 1.54) is 18.2 Å². The van der Waals surface area contributed by atoms with E-state index in [-0.39, 0.29) is 35.9 Å². The first-order valence-corrected chi connectivity index (χ1v) is 13.6. The number of carbonyl (C=O) groups excluding carboxylic acids is 3. The van der Waals surface area contributed by atoms with Crippen molar-refractivity contribution >= 4 is 23.4 Å². The van der Waals surface area contributed by atoms with E-state index in [9.17, 15) is 32.3 Å². The third-order valence-corrected chi connectivity index (χ3v) is 7.75. The molecule has 3 aromatic carbocycles. The van der Waals surface area contributed by atoms with Crippen molar-refractivity contribution in [2.24, 2.45) is 5.92 Å². The molecule has 3 fully saturated rings. The summed E-state index contributed by atoms with van der Waals surface area (Å²) in [6, 6.07) is 21.1. The zero-order valence-electron chi connectivity index (χ0n) is 22.9. The summed E-state index contributed by atoms with van der Waals surface area (Å²) in [6.45, 7) is 2.56. The Morgan fingerprint density at radius 2 is 1.53 bits per heavy atom. The molecule has 0 saturated carbocycles. The largest absolute Gasteiger partial charge is 0.542 e. The molecule has 12 heteroatoms. The fourth-order valence-corrected chi connectivity index (χ4v) is 5.53. The Labute approximate surface area is 245 Å². The van der Waals surface area contributed by atoms with Gasteiger partial charge in [0, 0.05) is 24.4 Å². The fraction of sp³-hybridized carbons (Fsp3) is 0.323. The highest BCUT2D eigenvalue weighted by atomic mass is 19.4. The molecule has 8 nitrogen and oxygen atoms in total. The van der Waals surface area contributed by atoms with Crippen LogP contribution in [-0.2, 0) is 14.3 Å². The lowest BCUT2D eigenvalue weighted by Gasteiger charge is -2.51. The van der Waals surface area contributed by atoms with Crippen LogP contribution in [0.4, 0.5) is 23.2 Å². The van der Waals surface area contributed by atoms with Gasteiger partial charge < -0.3 is 29.5 Å². The number of halogens is 4. The number of aromatic hydroxyl groups is 1. The van der Waals surface area contributed by atoms with Gasteiger partial charge in [-0.25, -0.2) is 9.18 Å². The van der Waals surface area contributed by atoms with Gasteiger partial charge in [0.05, 0.1) is 18.7 Å². The monoisotopic (exact) mass is 602 g/mol. The van der Waals surface area contributed by atoms with Crippen LogP contribution in [0.15, 0.2) is 78.9 Å². The zero-order valence-corrected chi connectivity index (χ0v) is 22.9. The molecule has 6 rings (SSSR count). The third kappa shape index (κ3) is 8.10. The molecular weight excluding hydrogens is 572 g/mol. The number of para-hydroxylation sites is 1. The van der Waals surface area contributed by atoms with Crippen LogP contribution < -0.4 is 10.4 Å². The van der Waals surface area contributed by atoms with Gasteiger partial charge in [-0.15, -0.1) is 0 Å². The number of piperidine rings is 3. The highest BCUT2D eigenvalue weighted by molar-refractivity contribution is 5.99. The first kappa shape index (κ1) is 31.5. The summed E-state index contributed by atoms with van der Waals surface area (Å²) >= 11 is 0. The summed E-state index contributed by atoms with van der Waals surface area (Å²) in [5.74, 6) is -3.59. The lowest BCUT2D eigenvalue weighted by Crippen LogP contribution is -2.65. The van der Waals surface area contributed by atoms with Crippen LogP contribution in [-0.4, -0.2) is 65.8 Å². The van der Waals surface area contributed by atoms with Crippen molar-refractivity contribution in [1.82, 2.24) is 0 Å². The number of alkyl halides is 3. The van der Waals surface area contributed by atoms with Gasteiger partial charge in [0.2, 0.25) is 5.78 Å². The van der Waals surface area contributed by atoms with Crippen molar-refractivity contribution < 1.29 is 51.4 Å². The van der Waals surface area contributed by atoms with Gasteiger partial charge in [0.25, 0.3) is 0 Å². The van der Waals surface area contributed by atoms with E-state index in [0.29, 0.717) is 22.3 Å². The van der Waals surface area contributed by atoms with E-state index in [0.717, 1.165) is 31.5 Å². The topological polar surface area (TPSA) is 116 Å². The molecule has 0 aliphatic carbocycles. The summed E-state index contributed by atoms with van der Waals surface area (Å²) < 4.78 is 51.6. The van der Waals surface area contributed by atoms with E-state index < -0.39 is 24.2 Å². The fourth-order valence-electron chi connectivity index (χ4n) is 5.53. The Hall–Kier alpha value is -4.45. The number of quaternary nitrogens is 1. The average Bonchev–Trinajstić information content (AvgIpc) is 2.97. The number of anilines is 1. The molecule has 43 heavy (non-hydrogen) atoms. The second-order valence-corrected chi connectivity index (χ2v) is 10.7. The maximum Gasteiger partial charge on any atom is 0.430 e. The Kier molecular flexibility index (Phi) is 9.70. The normalized spacial score (nSPS) is 21.6. The van der Waals surface area contributed by atoms with Crippen LogP contribution in [0.25, 0.3) is 0 Å². The average molecular weight is 603 g/mol. The number of ether oxygens (including phenoxy) is 1. The van der Waals surface area contributed by atoms with Crippen LogP contribution in [0.1, 0.15) is 34.8 Å². The summed E-state index contributed by atoms with van der Waals surface area (Å²) in [4.78, 5) is 35.3. The molecule has 3 aliphatic heterocycles. The highest BCUT2D eigenvalue weighted by Crippen LogP contribution is 2.37. The third-order valence-electron chi connectivity index (χ3n) is 7.75. The summed E-state index contributed by atoms with van der Waals surface area (Å²) in [6.07, 6.45) is -3.72. The number of rotatable bonds is 8. The lowest BCUT2D eigenvalue weighted by molar-refractivity contribution is -0.938. The number of ketones is 1. The molecule has 0 aromatic heterocycles. The summed E-state index contributed by atoms with van der Waals surface area (Å²) in [5, 5.41) is 22.1. The standard InChI is InChI=1S/C29H29FN2O4.C2HF3O2/c30-22-10-12-23(13-11-22)31-28(21-6-2-1-3-7-21)29(35)36-27-19-32(16-14-20(27)15-17-32)18-26(34)24-8-4-5-9-25(24)33;3-2(4,5)1(6)7/h1-13,20,27-28,31H,14-19H2;(H,6,7)/t20?,27-,28+,32?;/m0./s1. The highest BCUT2D eigenvalue weighted by Gasteiger charge is 2.49. The molecular formula is C31H30F4N2O6. The van der Waals surface area contributed by atoms with Crippen molar-refractivity contribution in [1.29, 1.82) is 0 Å². The van der Waals surface area contributed by atoms with Crippen LogP contribution >= 0.6 is 0 Å². The minimum Gasteiger partial charge on any atom is -0.542 e. The zero-order chi connectivity index (χ0) is 31.2. The molecule has 2 N–H and O–H groups in total. The number of carbonyl (C=O) groups is 3. The predicted molar refractivity (Wildman–Crippen MR) is 145 cm³/mol. The molecule has 0 unspecified atom stereocenters. The van der Waals surface area contributed by atoms with E-state index >= 15 is 0 Å². The quantitative estimate of drug-likeness (QED) is 0.173. The van der Waals surface area contributed by atoms with Crippen molar-refractivity contribution in [2.75, 3.05) is 31.5 Å². The molecule has 0 spiro atoms. The first-order valence-electron chi connectivity index (χ1n) is 13.6. The minimum absolute atomic E-state index is 0.00635. The van der Waals surface area contributed by atoms with Crippen LogP contribution in [0.3, 0.4) is 0 Å². The number of nitrogens with zero attached hydrogens (tertiary/aromatic N) is 1. The number of benzene rings is 3. The maximum absolute atomic E-state index is 13.5. The molecule has 3 heterocycles. The number of nitrogens with one attached hydrogen (secondary N) is 1. The minimum atomic E-state index is -5.19. The maximum atomic E-state index is 13.5. The van der Waals surface area contributed by atoms with Gasteiger partial charge in [-0.05, 0) is 42.0 Å². The van der Waals surface area contributed by atoms with Gasteiger partial charge in [-0.2, -0.15) is 13.2 Å². The van der Waals surface area contributed by atoms with Gasteiger partial charge in [-0.1, -0.05) is 42.5 Å². The van der Waals surface area contributed by atoms with Crippen LogP contribution in [0, 0.1) is 11.7 Å². The number of esters is 1. The Morgan fingerprint density at radius 3 is 2.12 bits per heavy atom. The van der Waals surface area contributed by atoms with Crippen molar-refractivity contribution in [3.8, 4) is 5.75 Å². The Bertz CT molecular complexity index is 1420. The first-order chi connectivity index (χ1) is 20.4. The van der Waals surface area contributed by atoms with E-state index in [1.807, 2.05) is 30.3 Å². The van der Waals surface area contributed by atoms with Gasteiger partial charge in [-0.3, -0.25) is 4.79 Å². The number of carboxylic acids is 1. The van der Waals surface area contributed by atoms with Crippen molar-refractivity contribution in [3.63, 3.8) is 0 Å². The lowest BCUT2D eigenvalue weighted by atomic mass is 9.82. The number of aliphatic carboxylic acids is 1. The van der Waals surface area contributed by atoms with E-state index in [4.69, 9.17) is 14.6 Å². The molecule has 228 valence electrons. The predicted octanol–water partition coefficient (Wildman–Crippen LogP) is 4.02. The number of phenolic OH excluding ortho intramolecular Hbond substituents is 1. The number of hydrogen-bond donors (Lipinski definition) is 2. The van der Waals surface area contributed by atoms with E-state index in [2.05, 4.69) is 5.32 Å². The Morgan fingerprint density at radius 1 is 0.953 bits per heavy atom. The van der Waals surface area contributed by atoms with Gasteiger partial charge >= 0.3 is 12.1 Å². The van der Waals surface area contributed by atoms with Crippen LogP contribution in [0.5, 0.6) is 5.75 Å². The van der Waals surface area contributed by atoms with Crippen molar-refractivity contribution in [2.45, 2.75) is 31.2 Å². The molecule has 3 aromatic rings. The smallest absolute Gasteiger partial charge is 0.430 e. The number of fused-ring (bicyclic) bond motifs is 3. The van der Waals surface area contributed by atoms with Gasteiger partial charge in [0.15, 0.2) is 12.1 Å². The second-order valence-electron chi connectivity index (χ2n) is 10.7. The Balaban J connectivity index is 0.000000541. The van der Waals surface area contributed by atoms with E-state index in [1.54, 1.807) is 30.3 Å². The number of phenols is 1.